The zero-order valence-electron chi connectivity index (χ0n) is 19.3. The van der Waals surface area contributed by atoms with Crippen LogP contribution in [-0.2, 0) is 9.59 Å². The van der Waals surface area contributed by atoms with Crippen molar-refractivity contribution in [3.05, 3.63) is 93.0 Å². The number of ether oxygens (including phenoxy) is 1. The van der Waals surface area contributed by atoms with Gasteiger partial charge in [0.05, 0.1) is 22.7 Å². The van der Waals surface area contributed by atoms with Gasteiger partial charge in [-0.25, -0.2) is 0 Å². The number of aliphatic hydroxyl groups is 1. The van der Waals surface area contributed by atoms with E-state index in [4.69, 9.17) is 27.9 Å². The number of phenols is 1. The van der Waals surface area contributed by atoms with Crippen LogP contribution in [0.3, 0.4) is 0 Å². The summed E-state index contributed by atoms with van der Waals surface area (Å²) < 4.78 is 5.77. The second-order valence-electron chi connectivity index (χ2n) is 8.50. The van der Waals surface area contributed by atoms with Crippen molar-refractivity contribution in [2.75, 3.05) is 4.90 Å². The third-order valence-corrected chi connectivity index (χ3v) is 6.20. The van der Waals surface area contributed by atoms with Crippen molar-refractivity contribution < 1.29 is 24.5 Å². The van der Waals surface area contributed by atoms with Crippen molar-refractivity contribution in [1.29, 1.82) is 0 Å². The zero-order valence-corrected chi connectivity index (χ0v) is 20.8. The number of carbonyl (C=O) groups is 2. The Bertz CT molecular complexity index is 1350. The minimum Gasteiger partial charge on any atom is -0.507 e. The summed E-state index contributed by atoms with van der Waals surface area (Å²) >= 11 is 12.2. The molecule has 1 unspecified atom stereocenters. The molecule has 35 heavy (non-hydrogen) atoms. The topological polar surface area (TPSA) is 87.1 Å². The molecule has 180 valence electrons. The van der Waals surface area contributed by atoms with E-state index in [1.807, 2.05) is 20.8 Å². The molecule has 3 aromatic rings. The molecule has 0 saturated carbocycles. The van der Waals surface area contributed by atoms with Crippen LogP contribution in [0, 0.1) is 6.92 Å². The summed E-state index contributed by atoms with van der Waals surface area (Å²) in [6, 6.07) is 14.9. The highest BCUT2D eigenvalue weighted by Gasteiger charge is 2.47. The number of hydrogen-bond acceptors (Lipinski definition) is 5. The van der Waals surface area contributed by atoms with Gasteiger partial charge < -0.3 is 14.9 Å². The molecular weight excluding hydrogens is 489 g/mol. The molecule has 1 aliphatic rings. The molecule has 1 amide bonds. The quantitative estimate of drug-likeness (QED) is 0.234. The number of Topliss-reactive ketones (excluding diaryl/α,β-unsaturated/α-hetero) is 1. The van der Waals surface area contributed by atoms with Crippen molar-refractivity contribution in [3.63, 3.8) is 0 Å². The number of nitrogens with zero attached hydrogens (tertiary/aromatic N) is 1. The summed E-state index contributed by atoms with van der Waals surface area (Å²) in [4.78, 5) is 27.8. The summed E-state index contributed by atoms with van der Waals surface area (Å²) in [5.74, 6) is -1.46. The molecular formula is C27H23Cl2NO5. The van der Waals surface area contributed by atoms with E-state index in [9.17, 15) is 19.8 Å². The smallest absolute Gasteiger partial charge is 0.300 e. The summed E-state index contributed by atoms with van der Waals surface area (Å²) in [6.45, 7) is 5.65. The number of rotatable bonds is 5. The maximum atomic E-state index is 13.3. The van der Waals surface area contributed by atoms with E-state index in [1.165, 1.54) is 17.0 Å². The molecule has 0 bridgehead atoms. The first-order valence-corrected chi connectivity index (χ1v) is 11.7. The minimum absolute atomic E-state index is 0.0305. The van der Waals surface area contributed by atoms with Crippen LogP contribution >= 0.6 is 23.2 Å². The van der Waals surface area contributed by atoms with Crippen LogP contribution < -0.4 is 9.64 Å². The maximum absolute atomic E-state index is 13.3. The van der Waals surface area contributed by atoms with Crippen molar-refractivity contribution >= 4 is 46.3 Å². The lowest BCUT2D eigenvalue weighted by Crippen LogP contribution is -2.29. The first kappa shape index (κ1) is 24.6. The first-order valence-electron chi connectivity index (χ1n) is 10.9. The highest BCUT2D eigenvalue weighted by molar-refractivity contribution is 6.51. The summed E-state index contributed by atoms with van der Waals surface area (Å²) in [5, 5.41) is 21.7. The second-order valence-corrected chi connectivity index (χ2v) is 9.35. The number of phenolic OH excluding ortho intramolecular Hbond substituents is 1. The van der Waals surface area contributed by atoms with Crippen molar-refractivity contribution in [2.24, 2.45) is 0 Å². The lowest BCUT2D eigenvalue weighted by atomic mass is 9.94. The van der Waals surface area contributed by atoms with E-state index in [0.29, 0.717) is 27.6 Å². The normalized spacial score (nSPS) is 17.3. The molecule has 1 atom stereocenters. The Morgan fingerprint density at radius 3 is 2.29 bits per heavy atom. The second kappa shape index (κ2) is 9.64. The predicted octanol–water partition coefficient (Wildman–Crippen LogP) is 6.42. The van der Waals surface area contributed by atoms with E-state index in [2.05, 4.69) is 0 Å². The third kappa shape index (κ3) is 4.72. The molecule has 3 aromatic carbocycles. The van der Waals surface area contributed by atoms with Gasteiger partial charge in [0.2, 0.25) is 0 Å². The molecule has 1 aliphatic heterocycles. The highest BCUT2D eigenvalue weighted by atomic mass is 35.5. The number of anilines is 1. The van der Waals surface area contributed by atoms with Crippen LogP contribution in [0.4, 0.5) is 5.69 Å². The van der Waals surface area contributed by atoms with Gasteiger partial charge in [0.1, 0.15) is 17.3 Å². The number of ketones is 1. The van der Waals surface area contributed by atoms with Crippen LogP contribution in [-0.4, -0.2) is 28.0 Å². The molecule has 0 spiro atoms. The Hall–Kier alpha value is -3.48. The van der Waals surface area contributed by atoms with Crippen molar-refractivity contribution in [1.82, 2.24) is 0 Å². The lowest BCUT2D eigenvalue weighted by molar-refractivity contribution is -0.132. The molecule has 4 rings (SSSR count). The van der Waals surface area contributed by atoms with Gasteiger partial charge in [-0.2, -0.15) is 0 Å². The van der Waals surface area contributed by atoms with Crippen LogP contribution in [0.5, 0.6) is 11.5 Å². The van der Waals surface area contributed by atoms with Gasteiger partial charge >= 0.3 is 0 Å². The Morgan fingerprint density at radius 2 is 1.69 bits per heavy atom. The van der Waals surface area contributed by atoms with Gasteiger partial charge in [-0.1, -0.05) is 29.3 Å². The molecule has 1 heterocycles. The number of hydrogen-bond donors (Lipinski definition) is 2. The van der Waals surface area contributed by atoms with Crippen LogP contribution in [0.1, 0.15) is 36.6 Å². The largest absolute Gasteiger partial charge is 0.507 e. The van der Waals surface area contributed by atoms with Gasteiger partial charge in [-0.05, 0) is 86.5 Å². The Kier molecular flexibility index (Phi) is 6.79. The van der Waals surface area contributed by atoms with Crippen LogP contribution in [0.2, 0.25) is 10.0 Å². The highest BCUT2D eigenvalue weighted by Crippen LogP contribution is 2.44. The Morgan fingerprint density at radius 1 is 1.00 bits per heavy atom. The van der Waals surface area contributed by atoms with Crippen molar-refractivity contribution in [2.45, 2.75) is 32.9 Å². The SMILES string of the molecule is Cc1cc(/C(O)=C2/C(=O)C(=O)N(c3ccc(Cl)cc3)C2c2ccc(O)c(Cl)c2)ccc1OC(C)C. The van der Waals surface area contributed by atoms with E-state index in [-0.39, 0.29) is 28.2 Å². The fraction of sp³-hybridized carbons (Fsp3) is 0.185. The minimum atomic E-state index is -0.985. The number of amides is 1. The predicted molar refractivity (Wildman–Crippen MR) is 136 cm³/mol. The number of aromatic hydroxyl groups is 1. The van der Waals surface area contributed by atoms with Gasteiger partial charge in [0.25, 0.3) is 11.7 Å². The van der Waals surface area contributed by atoms with E-state index in [1.54, 1.807) is 48.5 Å². The van der Waals surface area contributed by atoms with Gasteiger partial charge in [-0.3, -0.25) is 14.5 Å². The number of aryl methyl sites for hydroxylation is 1. The summed E-state index contributed by atoms with van der Waals surface area (Å²) in [7, 11) is 0. The first-order chi connectivity index (χ1) is 16.6. The van der Waals surface area contributed by atoms with Gasteiger partial charge in [0, 0.05) is 16.3 Å². The molecule has 0 radical (unpaired) electrons. The fourth-order valence-electron chi connectivity index (χ4n) is 4.05. The van der Waals surface area contributed by atoms with E-state index < -0.39 is 17.7 Å². The van der Waals surface area contributed by atoms with Crippen LogP contribution in [0.25, 0.3) is 5.76 Å². The number of benzene rings is 3. The van der Waals surface area contributed by atoms with Crippen LogP contribution in [0.15, 0.2) is 66.2 Å². The Labute approximate surface area is 213 Å². The summed E-state index contributed by atoms with van der Waals surface area (Å²) in [6.07, 6.45) is -0.0305. The van der Waals surface area contributed by atoms with Gasteiger partial charge in [-0.15, -0.1) is 0 Å². The molecule has 1 saturated heterocycles. The standard InChI is InChI=1S/C27H23Cl2NO5/c1-14(2)35-22-11-5-17(12-15(22)3)25(32)23-24(16-4-10-21(31)20(29)13-16)30(27(34)26(23)33)19-8-6-18(28)7-9-19/h4-14,24,31-32H,1-3H3/b25-23-. The molecule has 6 nitrogen and oxygen atoms in total. The monoisotopic (exact) mass is 511 g/mol. The lowest BCUT2D eigenvalue weighted by Gasteiger charge is -2.25. The average molecular weight is 512 g/mol. The fourth-order valence-corrected chi connectivity index (χ4v) is 4.36. The Balaban J connectivity index is 1.91. The number of carbonyl (C=O) groups excluding carboxylic acids is 2. The average Bonchev–Trinajstić information content (AvgIpc) is 3.07. The molecule has 2 N–H and O–H groups in total. The molecule has 0 aromatic heterocycles. The third-order valence-electron chi connectivity index (χ3n) is 5.65. The maximum Gasteiger partial charge on any atom is 0.300 e. The molecule has 1 fully saturated rings. The molecule has 8 heteroatoms. The number of halogens is 2. The van der Waals surface area contributed by atoms with E-state index >= 15 is 0 Å². The van der Waals surface area contributed by atoms with Crippen molar-refractivity contribution in [3.8, 4) is 11.5 Å². The molecule has 0 aliphatic carbocycles. The number of aliphatic hydroxyl groups excluding tert-OH is 1. The van der Waals surface area contributed by atoms with E-state index in [0.717, 1.165) is 5.56 Å². The summed E-state index contributed by atoms with van der Waals surface area (Å²) in [5.41, 5.74) is 1.90. The zero-order chi connectivity index (χ0) is 25.4. The van der Waals surface area contributed by atoms with Gasteiger partial charge in [0.15, 0.2) is 0 Å².